The van der Waals surface area contributed by atoms with E-state index in [1.165, 1.54) is 38.5 Å². The van der Waals surface area contributed by atoms with E-state index in [2.05, 4.69) is 19.9 Å². The molecule has 0 amide bonds. The molecule has 2 rings (SSSR count). The minimum atomic E-state index is 0.798. The maximum Gasteiger partial charge on any atom is -0.0199 e. The van der Waals surface area contributed by atoms with Crippen molar-refractivity contribution in [1.29, 1.82) is 0 Å². The summed E-state index contributed by atoms with van der Waals surface area (Å²) in [6.07, 6.45) is 11.5. The van der Waals surface area contributed by atoms with Crippen LogP contribution in [0.5, 0.6) is 0 Å². The summed E-state index contributed by atoms with van der Waals surface area (Å²) in [6, 6.07) is 0. The molecule has 0 aliphatic heterocycles. The van der Waals surface area contributed by atoms with Gasteiger partial charge in [-0.2, -0.15) is 0 Å². The first-order valence-electron chi connectivity index (χ1n) is 5.98. The van der Waals surface area contributed by atoms with Gasteiger partial charge in [0.1, 0.15) is 0 Å². The molecular weight excluding hydrogens is 156 g/mol. The molecule has 74 valence electrons. The van der Waals surface area contributed by atoms with Crippen LogP contribution < -0.4 is 0 Å². The second-order valence-electron chi connectivity index (χ2n) is 5.14. The highest BCUT2D eigenvalue weighted by Gasteiger charge is 2.27. The first kappa shape index (κ1) is 9.30. The lowest BCUT2D eigenvalue weighted by molar-refractivity contribution is 0.400. The normalized spacial score (nSPS) is 30.1. The van der Waals surface area contributed by atoms with E-state index in [4.69, 9.17) is 0 Å². The van der Waals surface area contributed by atoms with Gasteiger partial charge in [0, 0.05) is 0 Å². The molecule has 1 saturated carbocycles. The predicted octanol–water partition coefficient (Wildman–Crippen LogP) is 4.17. The van der Waals surface area contributed by atoms with Gasteiger partial charge in [0.05, 0.1) is 0 Å². The molecule has 0 nitrogen and oxygen atoms in total. The maximum atomic E-state index is 2.61. The fraction of sp³-hybridized carbons (Fsp3) is 0.846. The van der Waals surface area contributed by atoms with Crippen LogP contribution in [0.25, 0.3) is 0 Å². The van der Waals surface area contributed by atoms with Crippen molar-refractivity contribution in [3.8, 4) is 0 Å². The van der Waals surface area contributed by atoms with Gasteiger partial charge < -0.3 is 0 Å². The molecule has 0 aromatic carbocycles. The van der Waals surface area contributed by atoms with Crippen molar-refractivity contribution in [1.82, 2.24) is 0 Å². The maximum absolute atomic E-state index is 2.61. The zero-order valence-corrected chi connectivity index (χ0v) is 9.05. The molecule has 0 N–H and O–H groups in total. The average Bonchev–Trinajstić information content (AvgIpc) is 2.75. The molecule has 1 fully saturated rings. The number of hydrogen-bond donors (Lipinski definition) is 0. The third kappa shape index (κ3) is 1.98. The third-order valence-electron chi connectivity index (χ3n) is 3.94. The van der Waals surface area contributed by atoms with Crippen molar-refractivity contribution in [2.45, 2.75) is 52.4 Å². The van der Waals surface area contributed by atoms with E-state index < -0.39 is 0 Å². The highest BCUT2D eigenvalue weighted by atomic mass is 14.3. The minimum Gasteiger partial charge on any atom is -0.0817 e. The van der Waals surface area contributed by atoms with Crippen molar-refractivity contribution < 1.29 is 0 Å². The van der Waals surface area contributed by atoms with Gasteiger partial charge in [0.25, 0.3) is 0 Å². The summed E-state index contributed by atoms with van der Waals surface area (Å²) in [6.45, 7) is 4.67. The van der Waals surface area contributed by atoms with Gasteiger partial charge in [0.15, 0.2) is 0 Å². The number of hydrogen-bond acceptors (Lipinski definition) is 0. The molecule has 0 heterocycles. The zero-order valence-electron chi connectivity index (χ0n) is 9.05. The Labute approximate surface area is 82.4 Å². The van der Waals surface area contributed by atoms with E-state index >= 15 is 0 Å². The molecule has 2 aliphatic carbocycles. The van der Waals surface area contributed by atoms with Crippen LogP contribution in [0, 0.1) is 17.8 Å². The van der Waals surface area contributed by atoms with Gasteiger partial charge in [-0.15, -0.1) is 0 Å². The molecule has 0 radical (unpaired) electrons. The number of allylic oxidation sites excluding steroid dienone is 2. The van der Waals surface area contributed by atoms with Crippen LogP contribution >= 0.6 is 0 Å². The first-order chi connectivity index (χ1) is 6.27. The van der Waals surface area contributed by atoms with E-state index in [9.17, 15) is 0 Å². The Kier molecular flexibility index (Phi) is 2.76. The molecule has 13 heavy (non-hydrogen) atoms. The summed E-state index contributed by atoms with van der Waals surface area (Å²) in [5, 5.41) is 0. The summed E-state index contributed by atoms with van der Waals surface area (Å²) in [5.74, 6) is 2.81. The van der Waals surface area contributed by atoms with E-state index in [1.807, 2.05) is 0 Å². The molecule has 1 atom stereocenters. The summed E-state index contributed by atoms with van der Waals surface area (Å²) in [5.41, 5.74) is 1.73. The smallest absolute Gasteiger partial charge is 0.0199 e. The van der Waals surface area contributed by atoms with E-state index in [0.29, 0.717) is 0 Å². The Balaban J connectivity index is 1.95. The van der Waals surface area contributed by atoms with Crippen LogP contribution in [-0.4, -0.2) is 0 Å². The molecule has 0 saturated heterocycles. The number of rotatable bonds is 2. The topological polar surface area (TPSA) is 0 Å². The van der Waals surface area contributed by atoms with E-state index in [1.54, 1.807) is 5.57 Å². The van der Waals surface area contributed by atoms with Gasteiger partial charge in [-0.05, 0) is 43.4 Å². The van der Waals surface area contributed by atoms with Gasteiger partial charge in [-0.1, -0.05) is 38.3 Å². The van der Waals surface area contributed by atoms with Crippen molar-refractivity contribution in [2.24, 2.45) is 17.8 Å². The molecule has 0 bridgehead atoms. The van der Waals surface area contributed by atoms with Gasteiger partial charge in [0.2, 0.25) is 0 Å². The van der Waals surface area contributed by atoms with E-state index in [-0.39, 0.29) is 0 Å². The van der Waals surface area contributed by atoms with Crippen LogP contribution in [-0.2, 0) is 0 Å². The molecule has 1 unspecified atom stereocenters. The fourth-order valence-corrected chi connectivity index (χ4v) is 3.01. The quantitative estimate of drug-likeness (QED) is 0.557. The lowest BCUT2D eigenvalue weighted by Crippen LogP contribution is -2.05. The fourth-order valence-electron chi connectivity index (χ4n) is 3.01. The Morgan fingerprint density at radius 1 is 1.15 bits per heavy atom. The lowest BCUT2D eigenvalue weighted by Gasteiger charge is -2.14. The minimum absolute atomic E-state index is 0.798. The van der Waals surface area contributed by atoms with Crippen molar-refractivity contribution in [2.75, 3.05) is 0 Å². The molecule has 0 aromatic rings. The molecule has 0 spiro atoms. The Morgan fingerprint density at radius 3 is 2.38 bits per heavy atom. The third-order valence-corrected chi connectivity index (χ3v) is 3.94. The molecule has 0 heteroatoms. The van der Waals surface area contributed by atoms with E-state index in [0.717, 1.165) is 17.8 Å². The Morgan fingerprint density at radius 2 is 1.85 bits per heavy atom. The predicted molar refractivity (Wildman–Crippen MR) is 57.6 cm³/mol. The Hall–Kier alpha value is -0.260. The van der Waals surface area contributed by atoms with Crippen LogP contribution in [0.4, 0.5) is 0 Å². The van der Waals surface area contributed by atoms with Crippen LogP contribution in [0.1, 0.15) is 52.4 Å². The van der Waals surface area contributed by atoms with Crippen molar-refractivity contribution >= 4 is 0 Å². The molecule has 2 aliphatic rings. The standard InChI is InChI=1S/C13H22/c1-10(2)12-7-8-13(9-12)11-5-3-4-6-11/h9-11,13H,3-8H2,1-2H3. The second-order valence-corrected chi connectivity index (χ2v) is 5.14. The second kappa shape index (κ2) is 3.86. The zero-order chi connectivity index (χ0) is 9.26. The monoisotopic (exact) mass is 178 g/mol. The van der Waals surface area contributed by atoms with Crippen molar-refractivity contribution in [3.63, 3.8) is 0 Å². The Bertz CT molecular complexity index is 194. The summed E-state index contributed by atoms with van der Waals surface area (Å²) in [7, 11) is 0. The summed E-state index contributed by atoms with van der Waals surface area (Å²) in [4.78, 5) is 0. The van der Waals surface area contributed by atoms with Gasteiger partial charge in [-0.25, -0.2) is 0 Å². The highest BCUT2D eigenvalue weighted by molar-refractivity contribution is 5.14. The van der Waals surface area contributed by atoms with Gasteiger partial charge in [-0.3, -0.25) is 0 Å². The van der Waals surface area contributed by atoms with Crippen LogP contribution in [0.2, 0.25) is 0 Å². The van der Waals surface area contributed by atoms with Gasteiger partial charge >= 0.3 is 0 Å². The average molecular weight is 178 g/mol. The lowest BCUT2D eigenvalue weighted by atomic mass is 9.91. The largest absolute Gasteiger partial charge is 0.0817 e. The molecule has 0 aromatic heterocycles. The molecular formula is C13H22. The summed E-state index contributed by atoms with van der Waals surface area (Å²) >= 11 is 0. The van der Waals surface area contributed by atoms with Crippen LogP contribution in [0.15, 0.2) is 11.6 Å². The SMILES string of the molecule is CC(C)C1=CC(C2CCCC2)CC1. The highest BCUT2D eigenvalue weighted by Crippen LogP contribution is 2.40. The van der Waals surface area contributed by atoms with Crippen LogP contribution in [0.3, 0.4) is 0 Å². The van der Waals surface area contributed by atoms with Crippen molar-refractivity contribution in [3.05, 3.63) is 11.6 Å². The first-order valence-corrected chi connectivity index (χ1v) is 5.98. The summed E-state index contributed by atoms with van der Waals surface area (Å²) < 4.78 is 0.